The highest BCUT2D eigenvalue weighted by Gasteiger charge is 2.47. The lowest BCUT2D eigenvalue weighted by molar-refractivity contribution is -0.147. The fourth-order valence-electron chi connectivity index (χ4n) is 2.98. The average Bonchev–Trinajstić information content (AvgIpc) is 2.47. The van der Waals surface area contributed by atoms with Crippen LogP contribution in [0.25, 0.3) is 0 Å². The molecule has 0 saturated heterocycles. The van der Waals surface area contributed by atoms with Crippen LogP contribution in [0.2, 0.25) is 5.02 Å². The Bertz CT molecular complexity index is 536. The summed E-state index contributed by atoms with van der Waals surface area (Å²) in [5.74, 6) is -0.207. The Hall–Kier alpha value is -1.10. The van der Waals surface area contributed by atoms with Gasteiger partial charge < -0.3 is 10.6 Å². The van der Waals surface area contributed by atoms with Crippen LogP contribution in [-0.4, -0.2) is 30.2 Å². The largest absolute Gasteiger partial charge is 0.328 e. The molecule has 1 saturated carbocycles. The SMILES string of the molecule is CN(C(=O)CN)[C@]1(c2ccccc2Cl)CCCCC1=O.Cl. The summed E-state index contributed by atoms with van der Waals surface area (Å²) in [5.41, 5.74) is 5.20. The highest BCUT2D eigenvalue weighted by atomic mass is 35.5. The van der Waals surface area contributed by atoms with Crippen molar-refractivity contribution < 1.29 is 9.59 Å². The average molecular weight is 331 g/mol. The van der Waals surface area contributed by atoms with Crippen molar-refractivity contribution in [1.82, 2.24) is 4.90 Å². The highest BCUT2D eigenvalue weighted by Crippen LogP contribution is 2.42. The molecule has 1 aliphatic rings. The first-order chi connectivity index (χ1) is 9.54. The van der Waals surface area contributed by atoms with Gasteiger partial charge in [0.1, 0.15) is 5.54 Å². The van der Waals surface area contributed by atoms with E-state index in [1.165, 1.54) is 4.90 Å². The number of halogens is 2. The van der Waals surface area contributed by atoms with Crippen LogP contribution in [0.3, 0.4) is 0 Å². The Kier molecular flexibility index (Phi) is 6.20. The van der Waals surface area contributed by atoms with Gasteiger partial charge in [0.2, 0.25) is 5.91 Å². The van der Waals surface area contributed by atoms with Crippen molar-refractivity contribution in [2.75, 3.05) is 13.6 Å². The van der Waals surface area contributed by atoms with Gasteiger partial charge in [-0.15, -0.1) is 12.4 Å². The molecule has 1 fully saturated rings. The molecule has 1 aromatic carbocycles. The second-order valence-electron chi connectivity index (χ2n) is 5.13. The van der Waals surface area contributed by atoms with Gasteiger partial charge in [0.05, 0.1) is 6.54 Å². The Morgan fingerprint density at radius 2 is 2.05 bits per heavy atom. The summed E-state index contributed by atoms with van der Waals surface area (Å²) >= 11 is 6.28. The molecular weight excluding hydrogens is 311 g/mol. The number of hydrogen-bond acceptors (Lipinski definition) is 3. The first-order valence-electron chi connectivity index (χ1n) is 6.79. The number of rotatable bonds is 3. The summed E-state index contributed by atoms with van der Waals surface area (Å²) in [4.78, 5) is 26.2. The van der Waals surface area contributed by atoms with Crippen molar-refractivity contribution in [2.24, 2.45) is 5.73 Å². The van der Waals surface area contributed by atoms with Crippen LogP contribution in [0, 0.1) is 0 Å². The lowest BCUT2D eigenvalue weighted by atomic mass is 9.74. The van der Waals surface area contributed by atoms with Crippen molar-refractivity contribution in [3.63, 3.8) is 0 Å². The third-order valence-corrected chi connectivity index (χ3v) is 4.42. The van der Waals surface area contributed by atoms with E-state index < -0.39 is 5.54 Å². The molecule has 0 heterocycles. The van der Waals surface area contributed by atoms with Gasteiger partial charge in [-0.3, -0.25) is 9.59 Å². The van der Waals surface area contributed by atoms with Crippen LogP contribution in [0.15, 0.2) is 24.3 Å². The quantitative estimate of drug-likeness (QED) is 0.926. The predicted octanol–water partition coefficient (Wildman–Crippen LogP) is 2.52. The highest BCUT2D eigenvalue weighted by molar-refractivity contribution is 6.31. The molecule has 0 radical (unpaired) electrons. The number of Topliss-reactive ketones (excluding diaryl/α,β-unsaturated/α-hetero) is 1. The Balaban J connectivity index is 0.00000220. The molecule has 1 aromatic rings. The molecule has 0 unspecified atom stereocenters. The first kappa shape index (κ1) is 18.0. The summed E-state index contributed by atoms with van der Waals surface area (Å²) in [6.07, 6.45) is 2.81. The predicted molar refractivity (Wildman–Crippen MR) is 85.7 cm³/mol. The standard InChI is InChI=1S/C15H19ClN2O2.ClH/c1-18(14(20)10-17)15(9-5-4-8-13(15)19)11-6-2-3-7-12(11)16;/h2-3,6-7H,4-5,8-10,17H2,1H3;1H/t15-;/m0./s1. The topological polar surface area (TPSA) is 63.4 Å². The monoisotopic (exact) mass is 330 g/mol. The van der Waals surface area contributed by atoms with E-state index in [-0.39, 0.29) is 30.6 Å². The van der Waals surface area contributed by atoms with Gasteiger partial charge in [-0.25, -0.2) is 0 Å². The van der Waals surface area contributed by atoms with Crippen LogP contribution in [0.5, 0.6) is 0 Å². The second kappa shape index (κ2) is 7.25. The fourth-order valence-corrected chi connectivity index (χ4v) is 3.27. The molecule has 4 nitrogen and oxygen atoms in total. The Labute approximate surface area is 136 Å². The zero-order valence-electron chi connectivity index (χ0n) is 12.0. The Morgan fingerprint density at radius 3 is 2.62 bits per heavy atom. The molecule has 1 aliphatic carbocycles. The van der Waals surface area contributed by atoms with Crippen molar-refractivity contribution in [1.29, 1.82) is 0 Å². The summed E-state index contributed by atoms with van der Waals surface area (Å²) in [6, 6.07) is 7.23. The molecule has 0 aromatic heterocycles. The van der Waals surface area contributed by atoms with Gasteiger partial charge >= 0.3 is 0 Å². The van der Waals surface area contributed by atoms with E-state index in [4.69, 9.17) is 17.3 Å². The zero-order valence-corrected chi connectivity index (χ0v) is 13.5. The molecule has 116 valence electrons. The van der Waals surface area contributed by atoms with E-state index >= 15 is 0 Å². The molecule has 0 spiro atoms. The molecule has 21 heavy (non-hydrogen) atoms. The lowest BCUT2D eigenvalue weighted by Crippen LogP contribution is -2.55. The molecule has 2 rings (SSSR count). The number of carbonyl (C=O) groups is 2. The zero-order chi connectivity index (χ0) is 14.8. The summed E-state index contributed by atoms with van der Waals surface area (Å²) in [6.45, 7) is -0.115. The van der Waals surface area contributed by atoms with E-state index in [0.29, 0.717) is 23.4 Å². The summed E-state index contributed by atoms with van der Waals surface area (Å²) in [7, 11) is 1.64. The molecule has 2 N–H and O–H groups in total. The van der Waals surface area contributed by atoms with Gasteiger partial charge in [0, 0.05) is 24.1 Å². The van der Waals surface area contributed by atoms with Gasteiger partial charge in [-0.2, -0.15) is 0 Å². The summed E-state index contributed by atoms with van der Waals surface area (Å²) < 4.78 is 0. The Morgan fingerprint density at radius 1 is 1.38 bits per heavy atom. The molecular formula is C15H20Cl2N2O2. The number of nitrogens with zero attached hydrogens (tertiary/aromatic N) is 1. The van der Waals surface area contributed by atoms with Crippen molar-refractivity contribution in [2.45, 2.75) is 31.2 Å². The van der Waals surface area contributed by atoms with Crippen LogP contribution >= 0.6 is 24.0 Å². The van der Waals surface area contributed by atoms with Gasteiger partial charge in [0.15, 0.2) is 5.78 Å². The maximum Gasteiger partial charge on any atom is 0.237 e. The molecule has 0 bridgehead atoms. The van der Waals surface area contributed by atoms with Gasteiger partial charge in [0.25, 0.3) is 0 Å². The maximum absolute atomic E-state index is 12.6. The second-order valence-corrected chi connectivity index (χ2v) is 5.53. The lowest BCUT2D eigenvalue weighted by Gasteiger charge is -2.43. The van der Waals surface area contributed by atoms with Crippen molar-refractivity contribution in [3.8, 4) is 0 Å². The minimum atomic E-state index is -0.965. The van der Waals surface area contributed by atoms with Crippen molar-refractivity contribution >= 4 is 35.7 Å². The van der Waals surface area contributed by atoms with Crippen LogP contribution in [0.4, 0.5) is 0 Å². The fraction of sp³-hybridized carbons (Fsp3) is 0.467. The number of likely N-dealkylation sites (N-methyl/N-ethyl adjacent to an activating group) is 1. The van der Waals surface area contributed by atoms with Gasteiger partial charge in [-0.1, -0.05) is 29.8 Å². The number of carbonyl (C=O) groups excluding carboxylic acids is 2. The number of hydrogen-bond donors (Lipinski definition) is 1. The third-order valence-electron chi connectivity index (χ3n) is 4.09. The van der Waals surface area contributed by atoms with E-state index in [1.807, 2.05) is 18.2 Å². The van der Waals surface area contributed by atoms with E-state index in [1.54, 1.807) is 13.1 Å². The molecule has 1 amide bonds. The molecule has 1 atom stereocenters. The van der Waals surface area contributed by atoms with Crippen LogP contribution in [0.1, 0.15) is 31.2 Å². The van der Waals surface area contributed by atoms with Crippen molar-refractivity contribution in [3.05, 3.63) is 34.9 Å². The third kappa shape index (κ3) is 3.07. The minimum absolute atomic E-state index is 0. The molecule has 6 heteroatoms. The van der Waals surface area contributed by atoms with Crippen LogP contribution < -0.4 is 5.73 Å². The smallest absolute Gasteiger partial charge is 0.237 e. The molecule has 0 aliphatic heterocycles. The number of ketones is 1. The number of benzene rings is 1. The van der Waals surface area contributed by atoms with E-state index in [0.717, 1.165) is 12.8 Å². The van der Waals surface area contributed by atoms with E-state index in [9.17, 15) is 9.59 Å². The first-order valence-corrected chi connectivity index (χ1v) is 7.17. The maximum atomic E-state index is 12.6. The minimum Gasteiger partial charge on any atom is -0.328 e. The number of amides is 1. The van der Waals surface area contributed by atoms with Crippen LogP contribution in [-0.2, 0) is 15.1 Å². The normalized spacial score (nSPS) is 21.6. The van der Waals surface area contributed by atoms with Gasteiger partial charge in [-0.05, 0) is 25.3 Å². The summed E-state index contributed by atoms with van der Waals surface area (Å²) in [5, 5.41) is 0.513. The number of nitrogens with two attached hydrogens (primary N) is 1. The van der Waals surface area contributed by atoms with E-state index in [2.05, 4.69) is 0 Å².